The lowest BCUT2D eigenvalue weighted by Crippen LogP contribution is -2.52. The predicted octanol–water partition coefficient (Wildman–Crippen LogP) is 3.72. The number of carbonyl (C=O) groups excluding carboxylic acids is 2. The Morgan fingerprint density at radius 3 is 2.36 bits per heavy atom. The third-order valence-electron chi connectivity index (χ3n) is 6.78. The van der Waals surface area contributed by atoms with Gasteiger partial charge in [-0.25, -0.2) is 9.37 Å². The van der Waals surface area contributed by atoms with Crippen molar-refractivity contribution in [1.29, 1.82) is 0 Å². The van der Waals surface area contributed by atoms with E-state index in [2.05, 4.69) is 22.2 Å². The molecule has 178 valence electrons. The van der Waals surface area contributed by atoms with E-state index in [1.807, 2.05) is 59.3 Å². The van der Waals surface area contributed by atoms with Crippen molar-refractivity contribution in [3.63, 3.8) is 0 Å². The van der Waals surface area contributed by atoms with Crippen LogP contribution in [0.4, 0.5) is 4.39 Å². The van der Waals surface area contributed by atoms with Crippen molar-refractivity contribution >= 4 is 11.8 Å². The van der Waals surface area contributed by atoms with Gasteiger partial charge in [-0.3, -0.25) is 9.59 Å². The van der Waals surface area contributed by atoms with Crippen LogP contribution in [0.1, 0.15) is 21.5 Å². The van der Waals surface area contributed by atoms with Crippen LogP contribution in [0, 0.1) is 5.82 Å². The van der Waals surface area contributed by atoms with E-state index in [-0.39, 0.29) is 18.4 Å². The SMILES string of the molecule is C=C1NC(=O)C(CN2Cc3ccc(F)cc3C2=O)(c2ccc(-c3ccc(-n4ccnc4)cc3)cc2)N1. The molecule has 7 nitrogen and oxygen atoms in total. The molecule has 1 saturated heterocycles. The summed E-state index contributed by atoms with van der Waals surface area (Å²) >= 11 is 0. The second-order valence-corrected chi connectivity index (χ2v) is 9.02. The van der Waals surface area contributed by atoms with Crippen LogP contribution in [-0.2, 0) is 16.9 Å². The first-order chi connectivity index (χ1) is 17.4. The first-order valence-corrected chi connectivity index (χ1v) is 11.5. The molecule has 1 fully saturated rings. The summed E-state index contributed by atoms with van der Waals surface area (Å²) in [6.45, 7) is 4.24. The smallest absolute Gasteiger partial charge is 0.257 e. The minimum Gasteiger partial charge on any atom is -0.353 e. The van der Waals surface area contributed by atoms with E-state index in [4.69, 9.17) is 0 Å². The van der Waals surface area contributed by atoms with E-state index in [1.54, 1.807) is 23.5 Å². The molecule has 36 heavy (non-hydrogen) atoms. The van der Waals surface area contributed by atoms with E-state index < -0.39 is 11.4 Å². The van der Waals surface area contributed by atoms with Crippen LogP contribution in [0.2, 0.25) is 0 Å². The van der Waals surface area contributed by atoms with Crippen LogP contribution < -0.4 is 10.6 Å². The van der Waals surface area contributed by atoms with Gasteiger partial charge in [-0.2, -0.15) is 0 Å². The van der Waals surface area contributed by atoms with Crippen LogP contribution in [0.5, 0.6) is 0 Å². The highest BCUT2D eigenvalue weighted by molar-refractivity contribution is 5.99. The molecule has 6 rings (SSSR count). The summed E-state index contributed by atoms with van der Waals surface area (Å²) in [5, 5.41) is 5.91. The highest BCUT2D eigenvalue weighted by Crippen LogP contribution is 2.33. The second kappa shape index (κ2) is 8.20. The molecular formula is C28H22FN5O2. The van der Waals surface area contributed by atoms with E-state index in [9.17, 15) is 14.0 Å². The predicted molar refractivity (Wildman–Crippen MR) is 132 cm³/mol. The third-order valence-corrected chi connectivity index (χ3v) is 6.78. The highest BCUT2D eigenvalue weighted by Gasteiger charge is 2.48. The van der Waals surface area contributed by atoms with Gasteiger partial charge in [-0.1, -0.05) is 49.0 Å². The Labute approximate surface area is 206 Å². The Kier molecular flexibility index (Phi) is 4.96. The van der Waals surface area contributed by atoms with Crippen LogP contribution >= 0.6 is 0 Å². The number of fused-ring (bicyclic) bond motifs is 1. The average molecular weight is 480 g/mol. The zero-order valence-electron chi connectivity index (χ0n) is 19.2. The lowest BCUT2D eigenvalue weighted by molar-refractivity contribution is -0.124. The van der Waals surface area contributed by atoms with Crippen molar-refractivity contribution in [1.82, 2.24) is 25.1 Å². The van der Waals surface area contributed by atoms with Gasteiger partial charge in [-0.05, 0) is 46.5 Å². The summed E-state index contributed by atoms with van der Waals surface area (Å²) < 4.78 is 15.7. The monoisotopic (exact) mass is 479 g/mol. The molecule has 0 saturated carbocycles. The summed E-state index contributed by atoms with van der Waals surface area (Å²) in [7, 11) is 0. The largest absolute Gasteiger partial charge is 0.353 e. The number of amides is 2. The highest BCUT2D eigenvalue weighted by atomic mass is 19.1. The molecule has 1 aromatic heterocycles. The van der Waals surface area contributed by atoms with E-state index in [0.717, 1.165) is 22.4 Å². The van der Waals surface area contributed by atoms with Crippen LogP contribution in [0.15, 0.2) is 97.9 Å². The summed E-state index contributed by atoms with van der Waals surface area (Å²) in [6, 6.07) is 20.0. The van der Waals surface area contributed by atoms with Crippen LogP contribution in [-0.4, -0.2) is 32.8 Å². The maximum Gasteiger partial charge on any atom is 0.257 e. The number of nitrogens with one attached hydrogen (secondary N) is 2. The number of aromatic nitrogens is 2. The molecule has 0 aliphatic carbocycles. The van der Waals surface area contributed by atoms with Crippen molar-refractivity contribution in [2.45, 2.75) is 12.1 Å². The standard InChI is InChI=1S/C28H22FN5O2/c1-18-31-27(36)28(32-18,16-34-15-21-4-9-23(29)14-25(21)26(34)35)22-7-2-19(3-8-22)20-5-10-24(11-6-20)33-13-12-30-17-33/h2-14,17,32H,1,15-16H2,(H,31,36). The fourth-order valence-electron chi connectivity index (χ4n) is 4.93. The number of carbonyl (C=O) groups is 2. The maximum absolute atomic E-state index is 13.7. The fourth-order valence-corrected chi connectivity index (χ4v) is 4.93. The van der Waals surface area contributed by atoms with Gasteiger partial charge < -0.3 is 20.1 Å². The molecule has 3 heterocycles. The van der Waals surface area contributed by atoms with Crippen molar-refractivity contribution < 1.29 is 14.0 Å². The van der Waals surface area contributed by atoms with Crippen molar-refractivity contribution in [2.75, 3.05) is 6.54 Å². The van der Waals surface area contributed by atoms with E-state index >= 15 is 0 Å². The molecule has 2 aliphatic rings. The molecule has 2 aliphatic heterocycles. The van der Waals surface area contributed by atoms with Gasteiger partial charge in [0.05, 0.1) is 18.7 Å². The van der Waals surface area contributed by atoms with Gasteiger partial charge in [-0.15, -0.1) is 0 Å². The lowest BCUT2D eigenvalue weighted by Gasteiger charge is -2.32. The Morgan fingerprint density at radius 2 is 1.72 bits per heavy atom. The summed E-state index contributed by atoms with van der Waals surface area (Å²) in [4.78, 5) is 31.9. The van der Waals surface area contributed by atoms with Gasteiger partial charge in [0.15, 0.2) is 5.54 Å². The van der Waals surface area contributed by atoms with Gasteiger partial charge in [0.1, 0.15) is 5.82 Å². The minimum atomic E-state index is -1.21. The lowest BCUT2D eigenvalue weighted by atomic mass is 9.88. The zero-order chi connectivity index (χ0) is 24.9. The van der Waals surface area contributed by atoms with Crippen molar-refractivity contribution in [3.05, 3.63) is 120 Å². The first kappa shape index (κ1) is 21.8. The fraction of sp³-hybridized carbons (Fsp3) is 0.107. The topological polar surface area (TPSA) is 79.3 Å². The average Bonchev–Trinajstić information content (AvgIpc) is 3.59. The summed E-state index contributed by atoms with van der Waals surface area (Å²) in [5.41, 5.74) is 3.58. The molecule has 1 atom stereocenters. The molecule has 4 aromatic rings. The maximum atomic E-state index is 13.7. The molecule has 0 bridgehead atoms. The molecular weight excluding hydrogens is 457 g/mol. The first-order valence-electron chi connectivity index (χ1n) is 11.5. The Bertz CT molecular complexity index is 1500. The van der Waals surface area contributed by atoms with Gasteiger partial charge in [0, 0.05) is 30.2 Å². The van der Waals surface area contributed by atoms with Crippen molar-refractivity contribution in [3.8, 4) is 16.8 Å². The van der Waals surface area contributed by atoms with E-state index in [1.165, 1.54) is 12.1 Å². The Hall–Kier alpha value is -4.72. The molecule has 3 aromatic carbocycles. The molecule has 0 spiro atoms. The molecule has 1 unspecified atom stereocenters. The van der Waals surface area contributed by atoms with Crippen LogP contribution in [0.3, 0.4) is 0 Å². The number of halogens is 1. The summed E-state index contributed by atoms with van der Waals surface area (Å²) in [6.07, 6.45) is 5.37. The number of imidazole rings is 1. The Balaban J connectivity index is 1.29. The number of benzene rings is 3. The minimum absolute atomic E-state index is 0.0753. The third kappa shape index (κ3) is 3.54. The zero-order valence-corrected chi connectivity index (χ0v) is 19.2. The van der Waals surface area contributed by atoms with Crippen molar-refractivity contribution in [2.24, 2.45) is 0 Å². The number of nitrogens with zero attached hydrogens (tertiary/aromatic N) is 3. The van der Waals surface area contributed by atoms with Gasteiger partial charge in [0.25, 0.3) is 11.8 Å². The molecule has 2 N–H and O–H groups in total. The molecule has 8 heteroatoms. The second-order valence-electron chi connectivity index (χ2n) is 9.02. The molecule has 2 amide bonds. The molecule has 0 radical (unpaired) electrons. The number of hydrogen-bond acceptors (Lipinski definition) is 4. The summed E-state index contributed by atoms with van der Waals surface area (Å²) in [5.74, 6) is -0.683. The Morgan fingerprint density at radius 1 is 1.00 bits per heavy atom. The van der Waals surface area contributed by atoms with Gasteiger partial charge >= 0.3 is 0 Å². The van der Waals surface area contributed by atoms with Crippen LogP contribution in [0.25, 0.3) is 16.8 Å². The number of hydrogen-bond donors (Lipinski definition) is 2. The quantitative estimate of drug-likeness (QED) is 0.457. The normalized spacial score (nSPS) is 18.8. The number of rotatable bonds is 5. The van der Waals surface area contributed by atoms with Gasteiger partial charge in [0.2, 0.25) is 0 Å². The van der Waals surface area contributed by atoms with E-state index in [0.29, 0.717) is 23.5 Å².